The lowest BCUT2D eigenvalue weighted by atomic mass is 9.70. The molecule has 1 rings (SSSR count). The highest BCUT2D eigenvalue weighted by Gasteiger charge is 2.36. The fourth-order valence-corrected chi connectivity index (χ4v) is 2.90. The van der Waals surface area contributed by atoms with Crippen molar-refractivity contribution in [1.29, 1.82) is 0 Å². The van der Waals surface area contributed by atoms with Crippen molar-refractivity contribution in [3.05, 3.63) is 0 Å². The molecule has 14 heavy (non-hydrogen) atoms. The monoisotopic (exact) mass is 215 g/mol. The molecule has 0 unspecified atom stereocenters. The molecule has 0 aromatic rings. The van der Waals surface area contributed by atoms with Crippen molar-refractivity contribution in [3.8, 4) is 0 Å². The Balaban J connectivity index is 2.36. The second kappa shape index (κ2) is 4.44. The molecule has 0 N–H and O–H groups in total. The van der Waals surface area contributed by atoms with Gasteiger partial charge in [-0.1, -0.05) is 27.2 Å². The Kier molecular flexibility index (Phi) is 3.93. The first-order valence-electron chi connectivity index (χ1n) is 5.66. The van der Waals surface area contributed by atoms with Gasteiger partial charge in [-0.05, 0) is 36.5 Å². The van der Waals surface area contributed by atoms with Gasteiger partial charge in [0.1, 0.15) is 0 Å². The third-order valence-corrected chi connectivity index (χ3v) is 3.77. The fraction of sp³-hybridized carbons (Fsp3) is 1.00. The molecule has 0 amide bonds. The summed E-state index contributed by atoms with van der Waals surface area (Å²) in [5, 5.41) is 0. The fourth-order valence-electron chi connectivity index (χ4n) is 2.48. The Labute approximate surface area is 94.7 Å². The second-order valence-corrected chi connectivity index (χ2v) is 6.56. The first kappa shape index (κ1) is 12.4. The number of thiol groups is 1. The van der Waals surface area contributed by atoms with Crippen LogP contribution < -0.4 is 0 Å². The summed E-state index contributed by atoms with van der Waals surface area (Å²) in [4.78, 5) is 2.48. The van der Waals surface area contributed by atoms with Crippen LogP contribution in [-0.2, 0) is 0 Å². The summed E-state index contributed by atoms with van der Waals surface area (Å²) in [6.07, 6.45) is 4.17. The molecule has 0 atom stereocenters. The predicted molar refractivity (Wildman–Crippen MR) is 67.1 cm³/mol. The molecule has 1 aliphatic carbocycles. The number of rotatable bonds is 4. The standard InChI is InChI=1S/C12H25NS/c1-11(2,3)8-13(4)9-12(10-14)6-5-7-12/h14H,5-10H2,1-4H3. The van der Waals surface area contributed by atoms with Crippen molar-refractivity contribution < 1.29 is 0 Å². The minimum Gasteiger partial charge on any atom is -0.305 e. The quantitative estimate of drug-likeness (QED) is 0.705. The Morgan fingerprint density at radius 1 is 1.29 bits per heavy atom. The maximum atomic E-state index is 4.49. The molecule has 1 fully saturated rings. The van der Waals surface area contributed by atoms with Crippen molar-refractivity contribution in [1.82, 2.24) is 4.90 Å². The molecule has 0 aliphatic heterocycles. The highest BCUT2D eigenvalue weighted by Crippen LogP contribution is 2.42. The molecule has 1 saturated carbocycles. The molecular formula is C12H25NS. The van der Waals surface area contributed by atoms with Crippen LogP contribution in [0.3, 0.4) is 0 Å². The van der Waals surface area contributed by atoms with E-state index in [0.29, 0.717) is 10.8 Å². The van der Waals surface area contributed by atoms with E-state index in [2.05, 4.69) is 45.3 Å². The van der Waals surface area contributed by atoms with E-state index in [4.69, 9.17) is 0 Å². The number of hydrogen-bond acceptors (Lipinski definition) is 2. The maximum absolute atomic E-state index is 4.49. The summed E-state index contributed by atoms with van der Waals surface area (Å²) < 4.78 is 0. The van der Waals surface area contributed by atoms with Gasteiger partial charge in [-0.15, -0.1) is 0 Å². The minimum absolute atomic E-state index is 0.413. The molecule has 0 radical (unpaired) electrons. The average Bonchev–Trinajstić information content (AvgIpc) is 1.93. The van der Waals surface area contributed by atoms with Gasteiger partial charge in [-0.3, -0.25) is 0 Å². The zero-order valence-electron chi connectivity index (χ0n) is 10.1. The first-order chi connectivity index (χ1) is 6.37. The summed E-state index contributed by atoms with van der Waals surface area (Å²) >= 11 is 4.49. The zero-order valence-corrected chi connectivity index (χ0v) is 11.0. The van der Waals surface area contributed by atoms with Crippen molar-refractivity contribution in [2.75, 3.05) is 25.9 Å². The van der Waals surface area contributed by atoms with E-state index < -0.39 is 0 Å². The van der Waals surface area contributed by atoms with Gasteiger partial charge in [0, 0.05) is 13.1 Å². The van der Waals surface area contributed by atoms with Crippen LogP contribution in [-0.4, -0.2) is 30.8 Å². The second-order valence-electron chi connectivity index (χ2n) is 6.24. The van der Waals surface area contributed by atoms with Gasteiger partial charge in [-0.2, -0.15) is 12.6 Å². The van der Waals surface area contributed by atoms with Crippen molar-refractivity contribution >= 4 is 12.6 Å². The summed E-state index contributed by atoms with van der Waals surface area (Å²) in [6, 6.07) is 0. The molecule has 0 spiro atoms. The van der Waals surface area contributed by atoms with Crippen LogP contribution in [0, 0.1) is 10.8 Å². The van der Waals surface area contributed by atoms with Crippen molar-refractivity contribution in [3.63, 3.8) is 0 Å². The number of hydrogen-bond donors (Lipinski definition) is 1. The van der Waals surface area contributed by atoms with E-state index in [1.54, 1.807) is 0 Å². The molecule has 0 bridgehead atoms. The van der Waals surface area contributed by atoms with Crippen LogP contribution >= 0.6 is 12.6 Å². The Bertz CT molecular complexity index is 174. The van der Waals surface area contributed by atoms with E-state index in [9.17, 15) is 0 Å². The molecule has 2 heteroatoms. The third-order valence-electron chi connectivity index (χ3n) is 3.10. The zero-order chi connectivity index (χ0) is 10.8. The van der Waals surface area contributed by atoms with Gasteiger partial charge in [-0.25, -0.2) is 0 Å². The third kappa shape index (κ3) is 3.47. The van der Waals surface area contributed by atoms with E-state index in [1.807, 2.05) is 0 Å². The molecule has 84 valence electrons. The molecular weight excluding hydrogens is 190 g/mol. The summed E-state index contributed by atoms with van der Waals surface area (Å²) in [5.74, 6) is 1.06. The van der Waals surface area contributed by atoms with Crippen LogP contribution in [0.1, 0.15) is 40.0 Å². The summed E-state index contributed by atoms with van der Waals surface area (Å²) in [5.41, 5.74) is 0.958. The highest BCUT2D eigenvalue weighted by atomic mass is 32.1. The molecule has 0 aromatic carbocycles. The smallest absolute Gasteiger partial charge is 0.00430 e. The summed E-state index contributed by atoms with van der Waals surface area (Å²) in [7, 11) is 2.24. The Hall–Kier alpha value is 0.310. The van der Waals surface area contributed by atoms with Crippen LogP contribution in [0.5, 0.6) is 0 Å². The van der Waals surface area contributed by atoms with E-state index in [-0.39, 0.29) is 0 Å². The summed E-state index contributed by atoms with van der Waals surface area (Å²) in [6.45, 7) is 9.32. The van der Waals surface area contributed by atoms with Gasteiger partial charge < -0.3 is 4.90 Å². The molecule has 0 aromatic heterocycles. The Morgan fingerprint density at radius 3 is 2.14 bits per heavy atom. The van der Waals surface area contributed by atoms with E-state index in [0.717, 1.165) is 5.75 Å². The molecule has 0 heterocycles. The SMILES string of the molecule is CN(CC(C)(C)C)CC1(CS)CCC1. The lowest BCUT2D eigenvalue weighted by molar-refractivity contribution is 0.0867. The van der Waals surface area contributed by atoms with Crippen LogP contribution in [0.25, 0.3) is 0 Å². The minimum atomic E-state index is 0.413. The molecule has 1 aliphatic rings. The first-order valence-corrected chi connectivity index (χ1v) is 6.30. The molecule has 0 saturated heterocycles. The Morgan fingerprint density at radius 2 is 1.86 bits per heavy atom. The molecule has 1 nitrogen and oxygen atoms in total. The van der Waals surface area contributed by atoms with Crippen molar-refractivity contribution in [2.24, 2.45) is 10.8 Å². The van der Waals surface area contributed by atoms with Gasteiger partial charge in [0.25, 0.3) is 0 Å². The average molecular weight is 215 g/mol. The van der Waals surface area contributed by atoms with E-state index >= 15 is 0 Å². The van der Waals surface area contributed by atoms with E-state index in [1.165, 1.54) is 32.4 Å². The normalized spacial score (nSPS) is 21.0. The highest BCUT2D eigenvalue weighted by molar-refractivity contribution is 7.80. The predicted octanol–water partition coefficient (Wildman–Crippen LogP) is 3.06. The maximum Gasteiger partial charge on any atom is 0.00430 e. The van der Waals surface area contributed by atoms with Gasteiger partial charge in [0.2, 0.25) is 0 Å². The topological polar surface area (TPSA) is 3.24 Å². The number of nitrogens with zero attached hydrogens (tertiary/aromatic N) is 1. The van der Waals surface area contributed by atoms with Gasteiger partial charge in [0.15, 0.2) is 0 Å². The van der Waals surface area contributed by atoms with Gasteiger partial charge in [0.05, 0.1) is 0 Å². The van der Waals surface area contributed by atoms with Crippen LogP contribution in [0.4, 0.5) is 0 Å². The van der Waals surface area contributed by atoms with Gasteiger partial charge >= 0.3 is 0 Å². The van der Waals surface area contributed by atoms with Crippen LogP contribution in [0.2, 0.25) is 0 Å². The van der Waals surface area contributed by atoms with Crippen molar-refractivity contribution in [2.45, 2.75) is 40.0 Å². The lowest BCUT2D eigenvalue weighted by Crippen LogP contribution is -2.44. The largest absolute Gasteiger partial charge is 0.305 e. The lowest BCUT2D eigenvalue weighted by Gasteiger charge is -2.44. The van der Waals surface area contributed by atoms with Crippen LogP contribution in [0.15, 0.2) is 0 Å².